The minimum absolute atomic E-state index is 0.0654. The lowest BCUT2D eigenvalue weighted by Gasteiger charge is -2.44. The molecule has 1 aliphatic rings. The van der Waals surface area contributed by atoms with Crippen LogP contribution in [0.5, 0.6) is 0 Å². The van der Waals surface area contributed by atoms with Gasteiger partial charge in [-0.15, -0.1) is 0 Å². The summed E-state index contributed by atoms with van der Waals surface area (Å²) >= 11 is 0. The molecule has 0 radical (unpaired) electrons. The normalized spacial score (nSPS) is 23.2. The Hall–Kier alpha value is -1.17. The number of morpholine rings is 1. The van der Waals surface area contributed by atoms with Gasteiger partial charge < -0.3 is 19.8 Å². The van der Waals surface area contributed by atoms with Gasteiger partial charge in [-0.05, 0) is 45.4 Å². The fourth-order valence-corrected chi connectivity index (χ4v) is 2.86. The Bertz CT molecular complexity index is 516. The monoisotopic (exact) mass is 297 g/mol. The minimum atomic E-state index is -0.756. The Morgan fingerprint density at radius 2 is 2.14 bits per heavy atom. The van der Waals surface area contributed by atoms with Crippen LogP contribution in [0.4, 0.5) is 10.1 Å². The lowest BCUT2D eigenvalue weighted by molar-refractivity contribution is -0.101. The quantitative estimate of drug-likeness (QED) is 0.898. The van der Waals surface area contributed by atoms with Crippen molar-refractivity contribution < 1.29 is 19.3 Å². The van der Waals surface area contributed by atoms with Crippen molar-refractivity contribution in [3.63, 3.8) is 0 Å². The molecule has 1 fully saturated rings. The maximum absolute atomic E-state index is 13.8. The third-order valence-electron chi connectivity index (χ3n) is 3.78. The second-order valence-electron chi connectivity index (χ2n) is 6.40. The Morgan fingerprint density at radius 3 is 2.71 bits per heavy atom. The van der Waals surface area contributed by atoms with E-state index in [9.17, 15) is 14.6 Å². The maximum atomic E-state index is 13.8. The number of hydrogen-bond donors (Lipinski definition) is 2. The lowest BCUT2D eigenvalue weighted by Crippen LogP contribution is -2.54. The molecule has 1 aromatic carbocycles. The van der Waals surface area contributed by atoms with E-state index in [1.807, 2.05) is 13.8 Å². The van der Waals surface area contributed by atoms with Crippen molar-refractivity contribution in [3.8, 4) is 0 Å². The van der Waals surface area contributed by atoms with Crippen LogP contribution in [0.3, 0.4) is 0 Å². The molecule has 0 saturated carbocycles. The molecule has 118 valence electrons. The first-order valence-corrected chi connectivity index (χ1v) is 7.25. The first-order chi connectivity index (χ1) is 9.73. The van der Waals surface area contributed by atoms with Gasteiger partial charge in [-0.2, -0.15) is 0 Å². The standard InChI is InChI=1S/C16H24FNO3/c1-10-5-15(13(11(2)20)6-14(10)17)18-7-12(8-19)21-16(3,4)9-18/h5-6,11-12,19-20H,7-9H2,1-4H3. The molecule has 1 heterocycles. The second kappa shape index (κ2) is 5.91. The summed E-state index contributed by atoms with van der Waals surface area (Å²) in [6.07, 6.45) is -1.05. The number of benzene rings is 1. The molecule has 1 saturated heterocycles. The molecular formula is C16H24FNO3. The van der Waals surface area contributed by atoms with Crippen LogP contribution in [-0.2, 0) is 4.74 Å². The highest BCUT2D eigenvalue weighted by Crippen LogP contribution is 2.33. The van der Waals surface area contributed by atoms with Crippen molar-refractivity contribution in [2.75, 3.05) is 24.6 Å². The maximum Gasteiger partial charge on any atom is 0.126 e. The first-order valence-electron chi connectivity index (χ1n) is 7.25. The molecule has 2 rings (SSSR count). The van der Waals surface area contributed by atoms with E-state index in [0.717, 1.165) is 5.69 Å². The molecule has 1 aliphatic heterocycles. The fraction of sp³-hybridized carbons (Fsp3) is 0.625. The third kappa shape index (κ3) is 3.54. The summed E-state index contributed by atoms with van der Waals surface area (Å²) in [6.45, 7) is 8.33. The average Bonchev–Trinajstić information content (AvgIpc) is 2.39. The number of hydrogen-bond acceptors (Lipinski definition) is 4. The highest BCUT2D eigenvalue weighted by atomic mass is 19.1. The molecule has 0 aromatic heterocycles. The van der Waals surface area contributed by atoms with Gasteiger partial charge in [0.15, 0.2) is 0 Å². The van der Waals surface area contributed by atoms with E-state index in [0.29, 0.717) is 24.2 Å². The van der Waals surface area contributed by atoms with Crippen LogP contribution in [-0.4, -0.2) is 41.6 Å². The largest absolute Gasteiger partial charge is 0.394 e. The van der Waals surface area contributed by atoms with Gasteiger partial charge in [0.05, 0.1) is 24.4 Å². The Labute approximate surface area is 125 Å². The van der Waals surface area contributed by atoms with Crippen LogP contribution in [0.25, 0.3) is 0 Å². The van der Waals surface area contributed by atoms with Crippen LogP contribution in [0, 0.1) is 12.7 Å². The second-order valence-corrected chi connectivity index (χ2v) is 6.40. The number of halogens is 1. The van der Waals surface area contributed by atoms with Crippen molar-refractivity contribution >= 4 is 5.69 Å². The topological polar surface area (TPSA) is 52.9 Å². The lowest BCUT2D eigenvalue weighted by atomic mass is 9.99. The van der Waals surface area contributed by atoms with E-state index >= 15 is 0 Å². The van der Waals surface area contributed by atoms with E-state index in [4.69, 9.17) is 4.74 Å². The molecule has 1 aromatic rings. The third-order valence-corrected chi connectivity index (χ3v) is 3.78. The number of ether oxygens (including phenoxy) is 1. The summed E-state index contributed by atoms with van der Waals surface area (Å²) in [5, 5.41) is 19.3. The number of rotatable bonds is 3. The van der Waals surface area contributed by atoms with Crippen molar-refractivity contribution in [3.05, 3.63) is 29.1 Å². The van der Waals surface area contributed by atoms with Crippen LogP contribution in [0.1, 0.15) is 38.0 Å². The molecule has 0 spiro atoms. The van der Waals surface area contributed by atoms with E-state index in [1.165, 1.54) is 6.07 Å². The summed E-state index contributed by atoms with van der Waals surface area (Å²) in [6, 6.07) is 3.15. The summed E-state index contributed by atoms with van der Waals surface area (Å²) in [7, 11) is 0. The highest BCUT2D eigenvalue weighted by molar-refractivity contribution is 5.57. The minimum Gasteiger partial charge on any atom is -0.394 e. The molecule has 0 amide bonds. The smallest absolute Gasteiger partial charge is 0.126 e. The molecule has 2 unspecified atom stereocenters. The van der Waals surface area contributed by atoms with Gasteiger partial charge in [-0.3, -0.25) is 0 Å². The van der Waals surface area contributed by atoms with Gasteiger partial charge in [-0.25, -0.2) is 4.39 Å². The predicted octanol–water partition coefficient (Wildman–Crippen LogP) is 2.16. The van der Waals surface area contributed by atoms with Crippen molar-refractivity contribution in [2.24, 2.45) is 0 Å². The first kappa shape index (κ1) is 16.2. The summed E-state index contributed by atoms with van der Waals surface area (Å²) in [4.78, 5) is 2.05. The van der Waals surface area contributed by atoms with Gasteiger partial charge in [0.1, 0.15) is 5.82 Å². The number of nitrogens with zero attached hydrogens (tertiary/aromatic N) is 1. The highest BCUT2D eigenvalue weighted by Gasteiger charge is 2.34. The van der Waals surface area contributed by atoms with E-state index in [-0.39, 0.29) is 18.5 Å². The Kier molecular flexibility index (Phi) is 4.56. The van der Waals surface area contributed by atoms with Crippen LogP contribution in [0.15, 0.2) is 12.1 Å². The van der Waals surface area contributed by atoms with Crippen molar-refractivity contribution in [2.45, 2.75) is 45.5 Å². The number of anilines is 1. The van der Waals surface area contributed by atoms with Crippen LogP contribution in [0.2, 0.25) is 0 Å². The van der Waals surface area contributed by atoms with Gasteiger partial charge >= 0.3 is 0 Å². The predicted molar refractivity (Wildman–Crippen MR) is 80.0 cm³/mol. The van der Waals surface area contributed by atoms with Crippen molar-refractivity contribution in [1.82, 2.24) is 0 Å². The molecule has 4 nitrogen and oxygen atoms in total. The zero-order valence-corrected chi connectivity index (χ0v) is 13.1. The van der Waals surface area contributed by atoms with Crippen LogP contribution < -0.4 is 4.90 Å². The van der Waals surface area contributed by atoms with Gasteiger partial charge in [0.25, 0.3) is 0 Å². The van der Waals surface area contributed by atoms with E-state index in [1.54, 1.807) is 19.9 Å². The van der Waals surface area contributed by atoms with Gasteiger partial charge in [-0.1, -0.05) is 0 Å². The average molecular weight is 297 g/mol. The zero-order valence-electron chi connectivity index (χ0n) is 13.1. The summed E-state index contributed by atoms with van der Waals surface area (Å²) in [5.41, 5.74) is 1.50. The summed E-state index contributed by atoms with van der Waals surface area (Å²) < 4.78 is 19.6. The molecule has 21 heavy (non-hydrogen) atoms. The van der Waals surface area contributed by atoms with Crippen molar-refractivity contribution in [1.29, 1.82) is 0 Å². The molecule has 2 N–H and O–H groups in total. The Morgan fingerprint density at radius 1 is 1.48 bits per heavy atom. The molecule has 0 aliphatic carbocycles. The number of aryl methyl sites for hydroxylation is 1. The number of aliphatic hydroxyl groups excluding tert-OH is 2. The fourth-order valence-electron chi connectivity index (χ4n) is 2.86. The SMILES string of the molecule is Cc1cc(N2CC(CO)OC(C)(C)C2)c(C(C)O)cc1F. The molecule has 2 atom stereocenters. The molecular weight excluding hydrogens is 273 g/mol. The van der Waals surface area contributed by atoms with Gasteiger partial charge in [0.2, 0.25) is 0 Å². The number of aliphatic hydroxyl groups is 2. The van der Waals surface area contributed by atoms with Crippen LogP contribution >= 0.6 is 0 Å². The Balaban J connectivity index is 2.42. The van der Waals surface area contributed by atoms with Gasteiger partial charge in [0, 0.05) is 24.3 Å². The summed E-state index contributed by atoms with van der Waals surface area (Å²) in [5.74, 6) is -0.319. The zero-order chi connectivity index (χ0) is 15.8. The van der Waals surface area contributed by atoms with E-state index < -0.39 is 11.7 Å². The van der Waals surface area contributed by atoms with E-state index in [2.05, 4.69) is 4.90 Å². The molecule has 0 bridgehead atoms. The molecule has 5 heteroatoms.